The van der Waals surface area contributed by atoms with Crippen molar-refractivity contribution in [1.82, 2.24) is 4.90 Å². The third-order valence-corrected chi connectivity index (χ3v) is 2.84. The van der Waals surface area contributed by atoms with Gasteiger partial charge < -0.3 is 20.7 Å². The summed E-state index contributed by atoms with van der Waals surface area (Å²) in [6.45, 7) is 4.46. The van der Waals surface area contributed by atoms with Crippen molar-refractivity contribution in [2.45, 2.75) is 19.9 Å². The molecule has 3 N–H and O–H groups in total. The van der Waals surface area contributed by atoms with Gasteiger partial charge in [0.25, 0.3) is 0 Å². The molecule has 1 atom stereocenters. The Balaban J connectivity index is 2.75. The highest BCUT2D eigenvalue weighted by atomic mass is 16.5. The van der Waals surface area contributed by atoms with Gasteiger partial charge in [0.2, 0.25) is 5.91 Å². The minimum absolute atomic E-state index is 0.0493. The van der Waals surface area contributed by atoms with Crippen LogP contribution in [0.2, 0.25) is 0 Å². The molecule has 0 fully saturated rings. The average molecular weight is 251 g/mol. The molecule has 0 aliphatic rings. The van der Waals surface area contributed by atoms with Crippen LogP contribution in [0.5, 0.6) is 5.75 Å². The Labute approximate surface area is 108 Å². The summed E-state index contributed by atoms with van der Waals surface area (Å²) in [5.74, 6) is 0.650. The lowest BCUT2D eigenvalue weighted by Crippen LogP contribution is -2.38. The van der Waals surface area contributed by atoms with Crippen molar-refractivity contribution < 1.29 is 9.53 Å². The topological polar surface area (TPSA) is 67.6 Å². The maximum Gasteiger partial charge on any atom is 0.244 e. The molecule has 5 heteroatoms. The predicted octanol–water partition coefficient (Wildman–Crippen LogP) is 1.56. The van der Waals surface area contributed by atoms with Crippen LogP contribution < -0.4 is 15.8 Å². The van der Waals surface area contributed by atoms with E-state index in [-0.39, 0.29) is 11.9 Å². The van der Waals surface area contributed by atoms with Crippen LogP contribution in [0.3, 0.4) is 0 Å². The summed E-state index contributed by atoms with van der Waals surface area (Å²) < 4.78 is 5.14. The number of hydrogen-bond donors (Lipinski definition) is 2. The predicted molar refractivity (Wildman–Crippen MR) is 73.8 cm³/mol. The second-order valence-electron chi connectivity index (χ2n) is 4.18. The van der Waals surface area contributed by atoms with Crippen LogP contribution in [-0.2, 0) is 4.79 Å². The van der Waals surface area contributed by atoms with Crippen LogP contribution in [-0.4, -0.2) is 37.6 Å². The molecule has 1 aromatic carbocycles. The Morgan fingerprint density at radius 2 is 2.22 bits per heavy atom. The third kappa shape index (κ3) is 3.29. The molecule has 1 aromatic rings. The normalized spacial score (nSPS) is 11.8. The number of benzene rings is 1. The largest absolute Gasteiger partial charge is 0.495 e. The van der Waals surface area contributed by atoms with E-state index in [0.717, 1.165) is 5.69 Å². The number of nitrogen functional groups attached to an aromatic ring is 1. The molecule has 0 aliphatic carbocycles. The molecule has 0 aliphatic heterocycles. The number of ether oxygens (including phenoxy) is 1. The summed E-state index contributed by atoms with van der Waals surface area (Å²) in [6.07, 6.45) is 0. The van der Waals surface area contributed by atoms with Crippen LogP contribution in [0.4, 0.5) is 11.4 Å². The number of nitrogens with one attached hydrogen (secondary N) is 1. The van der Waals surface area contributed by atoms with E-state index in [0.29, 0.717) is 18.0 Å². The zero-order valence-corrected chi connectivity index (χ0v) is 11.4. The summed E-state index contributed by atoms with van der Waals surface area (Å²) in [5.41, 5.74) is 7.12. The van der Waals surface area contributed by atoms with Gasteiger partial charge in [0.05, 0.1) is 12.8 Å². The van der Waals surface area contributed by atoms with Gasteiger partial charge in [-0.25, -0.2) is 0 Å². The second kappa shape index (κ2) is 6.14. The van der Waals surface area contributed by atoms with Crippen LogP contribution in [0.25, 0.3) is 0 Å². The van der Waals surface area contributed by atoms with E-state index >= 15 is 0 Å². The lowest BCUT2D eigenvalue weighted by atomic mass is 10.2. The molecule has 0 heterocycles. The molecule has 5 nitrogen and oxygen atoms in total. The fourth-order valence-electron chi connectivity index (χ4n) is 1.60. The first-order chi connectivity index (χ1) is 8.49. The van der Waals surface area contributed by atoms with E-state index in [1.807, 2.05) is 19.9 Å². The first kappa shape index (κ1) is 14.2. The van der Waals surface area contributed by atoms with Crippen molar-refractivity contribution in [2.24, 2.45) is 0 Å². The second-order valence-corrected chi connectivity index (χ2v) is 4.18. The van der Waals surface area contributed by atoms with E-state index in [2.05, 4.69) is 5.32 Å². The number of anilines is 2. The van der Waals surface area contributed by atoms with Crippen molar-refractivity contribution in [3.05, 3.63) is 18.2 Å². The van der Waals surface area contributed by atoms with Crippen molar-refractivity contribution in [3.8, 4) is 5.75 Å². The number of rotatable bonds is 5. The Morgan fingerprint density at radius 3 is 2.78 bits per heavy atom. The molecule has 0 bridgehead atoms. The number of methoxy groups -OCH3 is 1. The molecule has 0 aromatic heterocycles. The molecule has 1 amide bonds. The number of nitrogens with zero attached hydrogens (tertiary/aromatic N) is 1. The van der Waals surface area contributed by atoms with Gasteiger partial charge in [-0.3, -0.25) is 4.79 Å². The Kier molecular flexibility index (Phi) is 4.83. The van der Waals surface area contributed by atoms with Crippen LogP contribution in [0.1, 0.15) is 13.8 Å². The highest BCUT2D eigenvalue weighted by molar-refractivity contribution is 5.84. The molecule has 0 saturated carbocycles. The number of amides is 1. The maximum atomic E-state index is 11.9. The molecule has 0 radical (unpaired) electrons. The van der Waals surface area contributed by atoms with Gasteiger partial charge in [-0.1, -0.05) is 0 Å². The molecular formula is C13H21N3O2. The van der Waals surface area contributed by atoms with Crippen molar-refractivity contribution in [2.75, 3.05) is 31.8 Å². The zero-order valence-electron chi connectivity index (χ0n) is 11.4. The fourth-order valence-corrected chi connectivity index (χ4v) is 1.60. The first-order valence-electron chi connectivity index (χ1n) is 5.94. The van der Waals surface area contributed by atoms with Crippen LogP contribution in [0, 0.1) is 0 Å². The van der Waals surface area contributed by atoms with E-state index in [4.69, 9.17) is 10.5 Å². The Morgan fingerprint density at radius 1 is 1.56 bits per heavy atom. The minimum Gasteiger partial charge on any atom is -0.495 e. The number of nitrogens with two attached hydrogens (primary N) is 1. The summed E-state index contributed by atoms with van der Waals surface area (Å²) in [6, 6.07) is 5.07. The minimum atomic E-state index is -0.289. The SMILES string of the molecule is CCN(C)C(=O)C(C)Nc1ccc(N)c(OC)c1. The number of likely N-dealkylation sites (N-methyl/N-ethyl adjacent to an activating group) is 1. The van der Waals surface area contributed by atoms with E-state index in [9.17, 15) is 4.79 Å². The van der Waals surface area contributed by atoms with E-state index in [1.54, 1.807) is 31.2 Å². The van der Waals surface area contributed by atoms with Crippen molar-refractivity contribution in [1.29, 1.82) is 0 Å². The molecule has 0 spiro atoms. The van der Waals surface area contributed by atoms with Crippen LogP contribution >= 0.6 is 0 Å². The number of carbonyl (C=O) groups is 1. The summed E-state index contributed by atoms with van der Waals surface area (Å²) >= 11 is 0. The zero-order chi connectivity index (χ0) is 13.7. The number of hydrogen-bond acceptors (Lipinski definition) is 4. The van der Waals surface area contributed by atoms with Crippen molar-refractivity contribution >= 4 is 17.3 Å². The quantitative estimate of drug-likeness (QED) is 0.779. The fraction of sp³-hybridized carbons (Fsp3) is 0.462. The number of carbonyl (C=O) groups excluding carboxylic acids is 1. The smallest absolute Gasteiger partial charge is 0.244 e. The van der Waals surface area contributed by atoms with E-state index < -0.39 is 0 Å². The van der Waals surface area contributed by atoms with Gasteiger partial charge in [-0.2, -0.15) is 0 Å². The van der Waals surface area contributed by atoms with E-state index in [1.165, 1.54) is 0 Å². The summed E-state index contributed by atoms with van der Waals surface area (Å²) in [4.78, 5) is 13.6. The highest BCUT2D eigenvalue weighted by Crippen LogP contribution is 2.25. The van der Waals surface area contributed by atoms with Gasteiger partial charge >= 0.3 is 0 Å². The first-order valence-corrected chi connectivity index (χ1v) is 5.94. The molecule has 0 saturated heterocycles. The lowest BCUT2D eigenvalue weighted by Gasteiger charge is -2.21. The molecule has 1 unspecified atom stereocenters. The maximum absolute atomic E-state index is 11.9. The van der Waals surface area contributed by atoms with Gasteiger partial charge in [0.1, 0.15) is 11.8 Å². The molecular weight excluding hydrogens is 230 g/mol. The third-order valence-electron chi connectivity index (χ3n) is 2.84. The summed E-state index contributed by atoms with van der Waals surface area (Å²) in [7, 11) is 3.35. The highest BCUT2D eigenvalue weighted by Gasteiger charge is 2.16. The Hall–Kier alpha value is -1.91. The molecule has 18 heavy (non-hydrogen) atoms. The monoisotopic (exact) mass is 251 g/mol. The van der Waals surface area contributed by atoms with Gasteiger partial charge in [0.15, 0.2) is 0 Å². The Bertz CT molecular complexity index is 421. The summed E-state index contributed by atoms with van der Waals surface area (Å²) in [5, 5.41) is 3.13. The van der Waals surface area contributed by atoms with Gasteiger partial charge in [0, 0.05) is 25.3 Å². The van der Waals surface area contributed by atoms with Crippen molar-refractivity contribution in [3.63, 3.8) is 0 Å². The average Bonchev–Trinajstić information content (AvgIpc) is 2.38. The van der Waals surface area contributed by atoms with Crippen LogP contribution in [0.15, 0.2) is 18.2 Å². The molecule has 100 valence electrons. The standard InChI is InChI=1S/C13H21N3O2/c1-5-16(3)13(17)9(2)15-10-6-7-11(14)12(8-10)18-4/h6-9,15H,5,14H2,1-4H3. The van der Waals surface area contributed by atoms with Gasteiger partial charge in [-0.15, -0.1) is 0 Å². The van der Waals surface area contributed by atoms with Gasteiger partial charge in [-0.05, 0) is 26.0 Å². The lowest BCUT2D eigenvalue weighted by molar-refractivity contribution is -0.130. The molecule has 1 rings (SSSR count).